The lowest BCUT2D eigenvalue weighted by Gasteiger charge is -2.10. The summed E-state index contributed by atoms with van der Waals surface area (Å²) in [5, 5.41) is 24.3. The first kappa shape index (κ1) is 13.6. The highest BCUT2D eigenvalue weighted by atomic mass is 32.1. The van der Waals surface area contributed by atoms with Gasteiger partial charge in [-0.1, -0.05) is 18.2 Å². The molecule has 1 N–H and O–H groups in total. The quantitative estimate of drug-likeness (QED) is 0.569. The molecule has 2 aromatic heterocycles. The predicted molar refractivity (Wildman–Crippen MR) is 93.0 cm³/mol. The molecule has 0 radical (unpaired) electrons. The van der Waals surface area contributed by atoms with Gasteiger partial charge >= 0.3 is 0 Å². The molecule has 23 heavy (non-hydrogen) atoms. The van der Waals surface area contributed by atoms with Crippen molar-refractivity contribution < 1.29 is 5.11 Å². The van der Waals surface area contributed by atoms with Gasteiger partial charge in [-0.2, -0.15) is 16.6 Å². The van der Waals surface area contributed by atoms with Crippen molar-refractivity contribution in [3.05, 3.63) is 70.9 Å². The van der Waals surface area contributed by atoms with E-state index in [2.05, 4.69) is 10.6 Å². The Bertz CT molecular complexity index is 1020. The summed E-state index contributed by atoms with van der Waals surface area (Å²) in [6.45, 7) is 0. The highest BCUT2D eigenvalue weighted by Gasteiger charge is 2.19. The molecule has 0 saturated carbocycles. The van der Waals surface area contributed by atoms with Crippen LogP contribution in [0.2, 0.25) is 0 Å². The number of para-hydroxylation sites is 1. The number of hydrogen-bond acceptors (Lipinski definition) is 3. The average molecular weight is 316 g/mol. The van der Waals surface area contributed by atoms with Gasteiger partial charge in [-0.25, -0.2) is 0 Å². The van der Waals surface area contributed by atoms with Crippen molar-refractivity contribution in [3.8, 4) is 28.8 Å². The Labute approximate surface area is 137 Å². The van der Waals surface area contributed by atoms with Crippen LogP contribution in [-0.4, -0.2) is 9.67 Å². The van der Waals surface area contributed by atoms with Gasteiger partial charge in [-0.15, -0.1) is 0 Å². The highest BCUT2D eigenvalue weighted by molar-refractivity contribution is 7.08. The molecule has 0 aliphatic carbocycles. The minimum absolute atomic E-state index is 0.225. The van der Waals surface area contributed by atoms with E-state index in [0.29, 0.717) is 5.56 Å². The Morgan fingerprint density at radius 1 is 1.00 bits per heavy atom. The first-order valence-corrected chi connectivity index (χ1v) is 8.09. The van der Waals surface area contributed by atoms with Gasteiger partial charge in [0, 0.05) is 22.0 Å². The second-order valence-electron chi connectivity index (χ2n) is 5.22. The summed E-state index contributed by atoms with van der Waals surface area (Å²) in [7, 11) is 0. The van der Waals surface area contributed by atoms with Gasteiger partial charge in [-0.3, -0.25) is 0 Å². The van der Waals surface area contributed by atoms with Crippen LogP contribution >= 0.6 is 11.3 Å². The molecule has 0 unspecified atom stereocenters. The number of nitriles is 1. The Balaban J connectivity index is 2.15. The number of aromatic hydroxyl groups is 1. The predicted octanol–water partition coefficient (Wildman–Crippen LogP) is 4.94. The molecule has 3 nitrogen and oxygen atoms in total. The van der Waals surface area contributed by atoms with Crippen LogP contribution in [0.3, 0.4) is 0 Å². The van der Waals surface area contributed by atoms with Crippen molar-refractivity contribution in [3.63, 3.8) is 0 Å². The lowest BCUT2D eigenvalue weighted by molar-refractivity contribution is 0.475. The smallest absolute Gasteiger partial charge is 0.115 e. The van der Waals surface area contributed by atoms with Crippen LogP contribution in [0, 0.1) is 11.3 Å². The van der Waals surface area contributed by atoms with Gasteiger partial charge in [0.1, 0.15) is 11.8 Å². The van der Waals surface area contributed by atoms with Crippen LogP contribution in [-0.2, 0) is 0 Å². The maximum Gasteiger partial charge on any atom is 0.115 e. The number of nitrogens with zero attached hydrogens (tertiary/aromatic N) is 2. The van der Waals surface area contributed by atoms with Crippen LogP contribution in [0.15, 0.2) is 65.4 Å². The topological polar surface area (TPSA) is 49.0 Å². The van der Waals surface area contributed by atoms with E-state index >= 15 is 0 Å². The van der Waals surface area contributed by atoms with Crippen molar-refractivity contribution in [1.82, 2.24) is 4.57 Å². The maximum atomic E-state index is 9.72. The number of rotatable bonds is 2. The molecule has 0 spiro atoms. The van der Waals surface area contributed by atoms with E-state index in [1.54, 1.807) is 23.5 Å². The number of fused-ring (bicyclic) bond motifs is 1. The second kappa shape index (κ2) is 5.31. The summed E-state index contributed by atoms with van der Waals surface area (Å²) in [5.74, 6) is 0.225. The van der Waals surface area contributed by atoms with Gasteiger partial charge < -0.3 is 9.67 Å². The average Bonchev–Trinajstić information content (AvgIpc) is 3.21. The van der Waals surface area contributed by atoms with Gasteiger partial charge in [0.15, 0.2) is 0 Å². The summed E-state index contributed by atoms with van der Waals surface area (Å²) < 4.78 is 2.08. The van der Waals surface area contributed by atoms with Gasteiger partial charge in [-0.05, 0) is 41.8 Å². The van der Waals surface area contributed by atoms with Crippen molar-refractivity contribution in [1.29, 1.82) is 5.26 Å². The van der Waals surface area contributed by atoms with E-state index in [0.717, 1.165) is 27.8 Å². The fraction of sp³-hybridized carbons (Fsp3) is 0. The second-order valence-corrected chi connectivity index (χ2v) is 6.00. The van der Waals surface area contributed by atoms with Gasteiger partial charge in [0.05, 0.1) is 16.8 Å². The number of hydrogen-bond donors (Lipinski definition) is 1. The Hall–Kier alpha value is -3.03. The Kier molecular flexibility index (Phi) is 3.14. The maximum absolute atomic E-state index is 9.72. The zero-order chi connectivity index (χ0) is 15.8. The third kappa shape index (κ3) is 2.10. The van der Waals surface area contributed by atoms with Crippen LogP contribution in [0.1, 0.15) is 5.56 Å². The van der Waals surface area contributed by atoms with Crippen LogP contribution < -0.4 is 0 Å². The highest BCUT2D eigenvalue weighted by Crippen LogP contribution is 2.37. The molecule has 0 atom stereocenters. The lowest BCUT2D eigenvalue weighted by atomic mass is 10.1. The van der Waals surface area contributed by atoms with Crippen LogP contribution in [0.4, 0.5) is 0 Å². The monoisotopic (exact) mass is 316 g/mol. The fourth-order valence-corrected chi connectivity index (χ4v) is 3.54. The van der Waals surface area contributed by atoms with Crippen LogP contribution in [0.25, 0.3) is 27.8 Å². The largest absolute Gasteiger partial charge is 0.508 e. The molecule has 0 fully saturated rings. The molecule has 0 bridgehead atoms. The molecule has 4 heteroatoms. The molecule has 4 aromatic rings. The summed E-state index contributed by atoms with van der Waals surface area (Å²) in [5.41, 5.74) is 4.49. The molecule has 0 saturated heterocycles. The summed E-state index contributed by atoms with van der Waals surface area (Å²) in [4.78, 5) is 0. The molecule has 0 aliphatic heterocycles. The van der Waals surface area contributed by atoms with Gasteiger partial charge in [0.2, 0.25) is 0 Å². The van der Waals surface area contributed by atoms with Crippen molar-refractivity contribution >= 4 is 22.2 Å². The third-order valence-electron chi connectivity index (χ3n) is 3.89. The van der Waals surface area contributed by atoms with E-state index in [1.807, 2.05) is 53.2 Å². The van der Waals surface area contributed by atoms with Crippen molar-refractivity contribution in [2.75, 3.05) is 0 Å². The van der Waals surface area contributed by atoms with Crippen molar-refractivity contribution in [2.45, 2.75) is 0 Å². The fourth-order valence-electron chi connectivity index (χ4n) is 2.90. The van der Waals surface area contributed by atoms with E-state index in [4.69, 9.17) is 0 Å². The normalized spacial score (nSPS) is 10.7. The molecule has 0 aliphatic rings. The molecule has 4 rings (SSSR count). The standard InChI is InChI=1S/C19H12N2OS/c20-11-17-16-3-1-2-4-18(16)21(14-5-7-15(22)8-6-14)19(17)13-9-10-23-12-13/h1-10,12,22H. The number of phenols is 1. The number of thiophene rings is 1. The number of benzene rings is 2. The molecule has 0 amide bonds. The van der Waals surface area contributed by atoms with E-state index in [-0.39, 0.29) is 5.75 Å². The zero-order valence-corrected chi connectivity index (χ0v) is 12.9. The van der Waals surface area contributed by atoms with Crippen molar-refractivity contribution in [2.24, 2.45) is 0 Å². The summed E-state index contributed by atoms with van der Waals surface area (Å²) >= 11 is 1.61. The SMILES string of the molecule is N#Cc1c(-c2ccsc2)n(-c2ccc(O)cc2)c2ccccc12. The molecular formula is C19H12N2OS. The Morgan fingerprint density at radius 2 is 1.78 bits per heavy atom. The van der Waals surface area contributed by atoms with E-state index in [9.17, 15) is 10.4 Å². The van der Waals surface area contributed by atoms with E-state index in [1.165, 1.54) is 0 Å². The number of aromatic nitrogens is 1. The first-order valence-electron chi connectivity index (χ1n) is 7.15. The Morgan fingerprint density at radius 3 is 2.48 bits per heavy atom. The lowest BCUT2D eigenvalue weighted by Crippen LogP contribution is -1.96. The summed E-state index contributed by atoms with van der Waals surface area (Å²) in [6.07, 6.45) is 0. The first-order chi connectivity index (χ1) is 11.3. The zero-order valence-electron chi connectivity index (χ0n) is 12.1. The van der Waals surface area contributed by atoms with Crippen LogP contribution in [0.5, 0.6) is 5.75 Å². The molecular weight excluding hydrogens is 304 g/mol. The molecule has 110 valence electrons. The minimum Gasteiger partial charge on any atom is -0.508 e. The molecule has 2 heterocycles. The minimum atomic E-state index is 0.225. The third-order valence-corrected chi connectivity index (χ3v) is 4.57. The summed E-state index contributed by atoms with van der Waals surface area (Å²) in [6, 6.07) is 19.3. The number of phenolic OH excluding ortho intramolecular Hbond substituents is 1. The molecule has 2 aromatic carbocycles. The van der Waals surface area contributed by atoms with Gasteiger partial charge in [0.25, 0.3) is 0 Å². The van der Waals surface area contributed by atoms with E-state index < -0.39 is 0 Å².